The van der Waals surface area contributed by atoms with Crippen LogP contribution in [0.25, 0.3) is 5.78 Å². The molecule has 2 unspecified atom stereocenters. The Bertz CT molecular complexity index is 646. The van der Waals surface area contributed by atoms with E-state index in [-0.39, 0.29) is 48.6 Å². The maximum atomic E-state index is 12.2. The molecule has 1 amide bonds. The van der Waals surface area contributed by atoms with Gasteiger partial charge >= 0.3 is 0 Å². The van der Waals surface area contributed by atoms with Crippen LogP contribution in [0, 0.1) is 6.92 Å². The molecule has 0 spiro atoms. The van der Waals surface area contributed by atoms with Crippen molar-refractivity contribution >= 4 is 36.5 Å². The largest absolute Gasteiger partial charge is 0.345 e. The molecular weight excluding hydrogens is 327 g/mol. The second-order valence-corrected chi connectivity index (χ2v) is 5.20. The standard InChI is InChI=1S/C13H18N6O.2ClH/c1-8-5-7-15-13-17-11(18-19(8)13)12(20)16-10-4-3-6-14-9(10)2;;/h5,7,9-10,14H,3-4,6H2,1-2H3,(H,16,20);2*1H. The van der Waals surface area contributed by atoms with Crippen LogP contribution in [0.2, 0.25) is 0 Å². The molecule has 0 saturated carbocycles. The van der Waals surface area contributed by atoms with Gasteiger partial charge in [0.05, 0.1) is 0 Å². The third-order valence-electron chi connectivity index (χ3n) is 3.71. The third kappa shape index (κ3) is 3.66. The fraction of sp³-hybridized carbons (Fsp3) is 0.538. The van der Waals surface area contributed by atoms with Crippen LogP contribution in [0.3, 0.4) is 0 Å². The lowest BCUT2D eigenvalue weighted by molar-refractivity contribution is 0.0909. The topological polar surface area (TPSA) is 84.2 Å². The molecule has 2 aromatic heterocycles. The Morgan fingerprint density at radius 1 is 1.45 bits per heavy atom. The number of rotatable bonds is 2. The van der Waals surface area contributed by atoms with Gasteiger partial charge in [0, 0.05) is 24.0 Å². The normalized spacial score (nSPS) is 20.8. The zero-order valence-electron chi connectivity index (χ0n) is 12.4. The molecule has 0 aromatic carbocycles. The maximum absolute atomic E-state index is 12.2. The number of hydrogen-bond donors (Lipinski definition) is 2. The van der Waals surface area contributed by atoms with Crippen LogP contribution >= 0.6 is 24.8 Å². The Morgan fingerprint density at radius 3 is 2.91 bits per heavy atom. The summed E-state index contributed by atoms with van der Waals surface area (Å²) in [5, 5.41) is 10.6. The molecule has 22 heavy (non-hydrogen) atoms. The first-order valence-corrected chi connectivity index (χ1v) is 6.88. The van der Waals surface area contributed by atoms with E-state index in [0.29, 0.717) is 5.78 Å². The smallest absolute Gasteiger partial charge is 0.291 e. The highest BCUT2D eigenvalue weighted by molar-refractivity contribution is 5.91. The molecule has 1 saturated heterocycles. The molecule has 2 aromatic rings. The van der Waals surface area contributed by atoms with Crippen molar-refractivity contribution in [2.24, 2.45) is 0 Å². The molecule has 0 radical (unpaired) electrons. The van der Waals surface area contributed by atoms with Crippen LogP contribution in [0.1, 0.15) is 36.1 Å². The van der Waals surface area contributed by atoms with Gasteiger partial charge in [0.15, 0.2) is 0 Å². The number of carbonyl (C=O) groups excluding carboxylic acids is 1. The summed E-state index contributed by atoms with van der Waals surface area (Å²) in [6.07, 6.45) is 3.70. The van der Waals surface area contributed by atoms with Crippen LogP contribution in [-0.4, -0.2) is 44.1 Å². The van der Waals surface area contributed by atoms with Gasteiger partial charge in [0.2, 0.25) is 5.82 Å². The summed E-state index contributed by atoms with van der Waals surface area (Å²) >= 11 is 0. The minimum Gasteiger partial charge on any atom is -0.345 e. The molecule has 0 bridgehead atoms. The van der Waals surface area contributed by atoms with E-state index >= 15 is 0 Å². The van der Waals surface area contributed by atoms with Crippen LogP contribution < -0.4 is 10.6 Å². The van der Waals surface area contributed by atoms with Gasteiger partial charge in [-0.3, -0.25) is 4.79 Å². The number of piperidine rings is 1. The minimum absolute atomic E-state index is 0. The molecule has 2 N–H and O–H groups in total. The Hall–Kier alpha value is -1.44. The monoisotopic (exact) mass is 346 g/mol. The van der Waals surface area contributed by atoms with E-state index in [9.17, 15) is 4.79 Å². The summed E-state index contributed by atoms with van der Waals surface area (Å²) in [5.74, 6) is 0.380. The molecule has 1 fully saturated rings. The van der Waals surface area contributed by atoms with Crippen LogP contribution in [-0.2, 0) is 0 Å². The number of hydrogen-bond acceptors (Lipinski definition) is 5. The Morgan fingerprint density at radius 2 is 2.23 bits per heavy atom. The number of nitrogens with zero attached hydrogens (tertiary/aromatic N) is 4. The highest BCUT2D eigenvalue weighted by atomic mass is 35.5. The van der Waals surface area contributed by atoms with Gasteiger partial charge in [-0.2, -0.15) is 4.98 Å². The Balaban J connectivity index is 0.00000121. The van der Waals surface area contributed by atoms with E-state index in [0.717, 1.165) is 25.1 Å². The average molecular weight is 347 g/mol. The molecule has 3 rings (SSSR count). The number of nitrogens with one attached hydrogen (secondary N) is 2. The summed E-state index contributed by atoms with van der Waals surface area (Å²) < 4.78 is 1.58. The van der Waals surface area contributed by atoms with E-state index in [2.05, 4.69) is 32.6 Å². The van der Waals surface area contributed by atoms with E-state index < -0.39 is 0 Å². The summed E-state index contributed by atoms with van der Waals surface area (Å²) in [7, 11) is 0. The van der Waals surface area contributed by atoms with Gasteiger partial charge in [0.1, 0.15) is 0 Å². The predicted octanol–water partition coefficient (Wildman–Crippen LogP) is 1.15. The van der Waals surface area contributed by atoms with Crippen LogP contribution in [0.5, 0.6) is 0 Å². The molecule has 0 aliphatic carbocycles. The summed E-state index contributed by atoms with van der Waals surface area (Å²) in [5.41, 5.74) is 0.897. The Labute approximate surface area is 141 Å². The number of amides is 1. The van der Waals surface area contributed by atoms with E-state index in [1.54, 1.807) is 10.7 Å². The van der Waals surface area contributed by atoms with E-state index in [1.807, 2.05) is 13.0 Å². The van der Waals surface area contributed by atoms with Gasteiger partial charge in [-0.05, 0) is 39.3 Å². The molecule has 122 valence electrons. The van der Waals surface area contributed by atoms with Crippen molar-refractivity contribution in [1.29, 1.82) is 0 Å². The molecule has 1 aliphatic rings. The number of carbonyl (C=O) groups is 1. The van der Waals surface area contributed by atoms with Gasteiger partial charge in [-0.15, -0.1) is 29.9 Å². The highest BCUT2D eigenvalue weighted by Gasteiger charge is 2.24. The van der Waals surface area contributed by atoms with Gasteiger partial charge in [-0.25, -0.2) is 9.50 Å². The van der Waals surface area contributed by atoms with Crippen molar-refractivity contribution in [3.8, 4) is 0 Å². The van der Waals surface area contributed by atoms with Gasteiger partial charge in [-0.1, -0.05) is 0 Å². The molecule has 9 heteroatoms. The van der Waals surface area contributed by atoms with E-state index in [1.165, 1.54) is 0 Å². The first-order valence-electron chi connectivity index (χ1n) is 6.88. The van der Waals surface area contributed by atoms with Crippen molar-refractivity contribution in [3.63, 3.8) is 0 Å². The lowest BCUT2D eigenvalue weighted by atomic mass is 10.00. The van der Waals surface area contributed by atoms with Crippen molar-refractivity contribution in [2.75, 3.05) is 6.54 Å². The first kappa shape index (κ1) is 18.6. The third-order valence-corrected chi connectivity index (χ3v) is 3.71. The van der Waals surface area contributed by atoms with Crippen molar-refractivity contribution in [1.82, 2.24) is 30.2 Å². The predicted molar refractivity (Wildman–Crippen MR) is 88.0 cm³/mol. The Kier molecular flexibility index (Phi) is 6.52. The quantitative estimate of drug-likeness (QED) is 0.851. The lowest BCUT2D eigenvalue weighted by Crippen LogP contribution is -2.52. The van der Waals surface area contributed by atoms with Gasteiger partial charge < -0.3 is 10.6 Å². The fourth-order valence-corrected chi connectivity index (χ4v) is 2.48. The van der Waals surface area contributed by atoms with Gasteiger partial charge in [0.25, 0.3) is 11.7 Å². The molecule has 7 nitrogen and oxygen atoms in total. The number of fused-ring (bicyclic) bond motifs is 1. The minimum atomic E-state index is -0.240. The van der Waals surface area contributed by atoms with Crippen molar-refractivity contribution < 1.29 is 4.79 Å². The van der Waals surface area contributed by atoms with Crippen molar-refractivity contribution in [3.05, 3.63) is 23.8 Å². The molecule has 1 aliphatic heterocycles. The van der Waals surface area contributed by atoms with E-state index in [4.69, 9.17) is 0 Å². The fourth-order valence-electron chi connectivity index (χ4n) is 2.48. The molecule has 2 atom stereocenters. The molecular formula is C13H20Cl2N6O. The summed E-state index contributed by atoms with van der Waals surface area (Å²) in [4.78, 5) is 20.5. The van der Waals surface area contributed by atoms with Crippen molar-refractivity contribution in [2.45, 2.75) is 38.8 Å². The first-order chi connectivity index (χ1) is 9.65. The zero-order chi connectivity index (χ0) is 14.1. The molecule has 3 heterocycles. The average Bonchev–Trinajstić information content (AvgIpc) is 2.87. The van der Waals surface area contributed by atoms with Crippen LogP contribution in [0.15, 0.2) is 12.3 Å². The second kappa shape index (κ2) is 7.71. The summed E-state index contributed by atoms with van der Waals surface area (Å²) in [6, 6.07) is 2.22. The SMILES string of the molecule is Cc1ccnc2nc(C(=O)NC3CCCNC3C)nn12.Cl.Cl. The highest BCUT2D eigenvalue weighted by Crippen LogP contribution is 2.09. The number of halogens is 2. The maximum Gasteiger partial charge on any atom is 0.291 e. The second-order valence-electron chi connectivity index (χ2n) is 5.20. The number of aromatic nitrogens is 4. The number of aryl methyl sites for hydroxylation is 1. The summed E-state index contributed by atoms with van der Waals surface area (Å²) in [6.45, 7) is 4.98. The lowest BCUT2D eigenvalue weighted by Gasteiger charge is -2.30. The zero-order valence-corrected chi connectivity index (χ0v) is 14.1. The van der Waals surface area contributed by atoms with Crippen LogP contribution in [0.4, 0.5) is 0 Å².